The van der Waals surface area contributed by atoms with Crippen molar-refractivity contribution in [3.8, 4) is 0 Å². The van der Waals surface area contributed by atoms with Crippen LogP contribution in [0.25, 0.3) is 0 Å². The quantitative estimate of drug-likeness (QED) is 0.591. The van der Waals surface area contributed by atoms with Crippen molar-refractivity contribution >= 4 is 27.8 Å². The maximum atomic E-state index is 13.3. The molecule has 0 saturated carbocycles. The molecule has 0 unspecified atom stereocenters. The van der Waals surface area contributed by atoms with Crippen molar-refractivity contribution in [3.63, 3.8) is 0 Å². The predicted molar refractivity (Wildman–Crippen MR) is 109 cm³/mol. The van der Waals surface area contributed by atoms with Crippen LogP contribution in [-0.2, 0) is 25.7 Å². The Hall–Kier alpha value is -3.19. The number of sulfonamides is 1. The molecule has 1 aliphatic heterocycles. The van der Waals surface area contributed by atoms with Gasteiger partial charge < -0.3 is 14.4 Å². The van der Waals surface area contributed by atoms with Crippen LogP contribution < -0.4 is 4.90 Å². The van der Waals surface area contributed by atoms with E-state index in [0.29, 0.717) is 0 Å². The zero-order chi connectivity index (χ0) is 24.4. The molecule has 0 atom stereocenters. The van der Waals surface area contributed by atoms with Crippen LogP contribution in [0, 0.1) is 0 Å². The monoisotopic (exact) mass is 487 g/mol. The summed E-state index contributed by atoms with van der Waals surface area (Å²) in [4.78, 5) is 29.1. The number of carbonyl (C=O) groups excluding carboxylic acids is 2. The minimum absolute atomic E-state index is 0.0197. The molecular weight excluding hydrogens is 467 g/mol. The topological polar surface area (TPSA) is 106 Å². The molecule has 0 radical (unpaired) electrons. The molecule has 0 aliphatic carbocycles. The van der Waals surface area contributed by atoms with Crippen molar-refractivity contribution in [2.75, 3.05) is 45.3 Å². The molecular formula is C20H20F3N3O6S. The van der Waals surface area contributed by atoms with Crippen LogP contribution in [0.3, 0.4) is 0 Å². The maximum absolute atomic E-state index is 13.3. The van der Waals surface area contributed by atoms with Gasteiger partial charge in [0.1, 0.15) is 5.82 Å². The van der Waals surface area contributed by atoms with E-state index >= 15 is 0 Å². The van der Waals surface area contributed by atoms with Gasteiger partial charge in [-0.3, -0.25) is 0 Å². The maximum Gasteiger partial charge on any atom is 0.417 e. The highest BCUT2D eigenvalue weighted by Gasteiger charge is 2.34. The van der Waals surface area contributed by atoms with E-state index in [4.69, 9.17) is 0 Å². The van der Waals surface area contributed by atoms with Gasteiger partial charge in [-0.2, -0.15) is 17.5 Å². The fourth-order valence-corrected chi connectivity index (χ4v) is 4.92. The molecule has 1 aromatic heterocycles. The molecule has 0 spiro atoms. The zero-order valence-corrected chi connectivity index (χ0v) is 18.4. The summed E-state index contributed by atoms with van der Waals surface area (Å²) in [5.41, 5.74) is -1.18. The number of pyridine rings is 1. The minimum Gasteiger partial charge on any atom is -0.465 e. The molecule has 0 N–H and O–H groups in total. The third kappa shape index (κ3) is 5.09. The van der Waals surface area contributed by atoms with Gasteiger partial charge in [0.15, 0.2) is 0 Å². The van der Waals surface area contributed by atoms with Crippen LogP contribution in [0.15, 0.2) is 41.4 Å². The van der Waals surface area contributed by atoms with Gasteiger partial charge >= 0.3 is 18.1 Å². The van der Waals surface area contributed by atoms with Gasteiger partial charge in [0.05, 0.1) is 35.8 Å². The van der Waals surface area contributed by atoms with Crippen LogP contribution in [0.1, 0.15) is 26.3 Å². The van der Waals surface area contributed by atoms with Gasteiger partial charge in [0.25, 0.3) is 0 Å². The highest BCUT2D eigenvalue weighted by atomic mass is 32.2. The smallest absolute Gasteiger partial charge is 0.417 e. The number of rotatable bonds is 5. The molecule has 1 fully saturated rings. The number of halogens is 3. The normalized spacial score (nSPS) is 15.2. The fourth-order valence-electron chi connectivity index (χ4n) is 3.30. The molecule has 1 aromatic carbocycles. The van der Waals surface area contributed by atoms with Gasteiger partial charge in [0.2, 0.25) is 10.0 Å². The largest absolute Gasteiger partial charge is 0.465 e. The zero-order valence-electron chi connectivity index (χ0n) is 17.6. The number of carbonyl (C=O) groups is 2. The average Bonchev–Trinajstić information content (AvgIpc) is 2.82. The number of aromatic nitrogens is 1. The molecule has 3 rings (SSSR count). The van der Waals surface area contributed by atoms with Crippen LogP contribution in [0.5, 0.6) is 0 Å². The SMILES string of the molecule is COC(=O)c1ccc(C(=O)OC)c(S(=O)(=O)N2CCN(c3ccc(C(F)(F)F)cn3)CC2)c1. The van der Waals surface area contributed by atoms with E-state index < -0.39 is 38.6 Å². The third-order valence-corrected chi connectivity index (χ3v) is 7.00. The van der Waals surface area contributed by atoms with Crippen LogP contribution in [0.4, 0.5) is 19.0 Å². The summed E-state index contributed by atoms with van der Waals surface area (Å²) in [5.74, 6) is -1.39. The number of methoxy groups -OCH3 is 2. The Kier molecular flexibility index (Phi) is 6.93. The Morgan fingerprint density at radius 1 is 0.970 bits per heavy atom. The predicted octanol–water partition coefficient (Wildman–Crippen LogP) is 2.18. The summed E-state index contributed by atoms with van der Waals surface area (Å²) < 4.78 is 75.2. The molecule has 13 heteroatoms. The average molecular weight is 487 g/mol. The van der Waals surface area contributed by atoms with Gasteiger partial charge in [0, 0.05) is 32.4 Å². The lowest BCUT2D eigenvalue weighted by Gasteiger charge is -2.35. The molecule has 9 nitrogen and oxygen atoms in total. The number of nitrogens with zero attached hydrogens (tertiary/aromatic N) is 3. The number of ether oxygens (including phenoxy) is 2. The molecule has 2 aromatic rings. The van der Waals surface area contributed by atoms with Gasteiger partial charge in [-0.25, -0.2) is 23.0 Å². The van der Waals surface area contributed by atoms with E-state index in [1.807, 2.05) is 0 Å². The lowest BCUT2D eigenvalue weighted by atomic mass is 10.1. The van der Waals surface area contributed by atoms with Crippen LogP contribution in [0.2, 0.25) is 0 Å². The first-order chi connectivity index (χ1) is 15.5. The van der Waals surface area contributed by atoms with Gasteiger partial charge in [-0.1, -0.05) is 0 Å². The summed E-state index contributed by atoms with van der Waals surface area (Å²) in [7, 11) is -1.98. The Balaban J connectivity index is 1.83. The van der Waals surface area contributed by atoms with Crippen LogP contribution in [-0.4, -0.2) is 70.0 Å². The summed E-state index contributed by atoms with van der Waals surface area (Å²) >= 11 is 0. The molecule has 2 heterocycles. The van der Waals surface area contributed by atoms with Crippen molar-refractivity contribution in [1.82, 2.24) is 9.29 Å². The first-order valence-corrected chi connectivity index (χ1v) is 11.0. The van der Waals surface area contributed by atoms with E-state index in [0.717, 1.165) is 36.9 Å². The molecule has 1 saturated heterocycles. The molecule has 0 amide bonds. The highest BCUT2D eigenvalue weighted by Crippen LogP contribution is 2.30. The number of hydrogen-bond acceptors (Lipinski definition) is 8. The summed E-state index contributed by atoms with van der Waals surface area (Å²) in [6.07, 6.45) is -3.78. The summed E-state index contributed by atoms with van der Waals surface area (Å²) in [5, 5.41) is 0. The van der Waals surface area contributed by atoms with Crippen molar-refractivity contribution in [1.29, 1.82) is 0 Å². The molecule has 0 bridgehead atoms. The Morgan fingerprint density at radius 2 is 1.61 bits per heavy atom. The van der Waals surface area contributed by atoms with E-state index in [-0.39, 0.29) is 43.1 Å². The van der Waals surface area contributed by atoms with E-state index in [1.165, 1.54) is 18.2 Å². The summed E-state index contributed by atoms with van der Waals surface area (Å²) in [6, 6.07) is 5.62. The molecule has 1 aliphatic rings. The van der Waals surface area contributed by atoms with Crippen molar-refractivity contribution in [2.24, 2.45) is 0 Å². The Morgan fingerprint density at radius 3 is 2.12 bits per heavy atom. The first kappa shape index (κ1) is 24.5. The van der Waals surface area contributed by atoms with Crippen molar-refractivity contribution in [2.45, 2.75) is 11.1 Å². The lowest BCUT2D eigenvalue weighted by Crippen LogP contribution is -2.49. The van der Waals surface area contributed by atoms with Crippen LogP contribution >= 0.6 is 0 Å². The van der Waals surface area contributed by atoms with E-state index in [9.17, 15) is 31.2 Å². The van der Waals surface area contributed by atoms with E-state index in [1.54, 1.807) is 4.90 Å². The van der Waals surface area contributed by atoms with Gasteiger partial charge in [-0.15, -0.1) is 0 Å². The Labute approximate surface area is 187 Å². The minimum atomic E-state index is -4.51. The van der Waals surface area contributed by atoms with Gasteiger partial charge in [-0.05, 0) is 30.3 Å². The highest BCUT2D eigenvalue weighted by molar-refractivity contribution is 7.89. The number of benzene rings is 1. The van der Waals surface area contributed by atoms with Crippen molar-refractivity contribution in [3.05, 3.63) is 53.2 Å². The second-order valence-corrected chi connectivity index (χ2v) is 8.89. The van der Waals surface area contributed by atoms with E-state index in [2.05, 4.69) is 14.5 Å². The first-order valence-electron chi connectivity index (χ1n) is 9.58. The number of alkyl halides is 3. The number of hydrogen-bond donors (Lipinski definition) is 0. The third-order valence-electron chi connectivity index (χ3n) is 5.06. The standard InChI is InChI=1S/C20H20F3N3O6S/c1-31-18(27)13-3-5-15(19(28)32-2)16(11-13)33(29,30)26-9-7-25(8-10-26)17-6-4-14(12-24-17)20(21,22)23/h3-6,11-12H,7-10H2,1-2H3. The fraction of sp³-hybridized carbons (Fsp3) is 0.350. The molecule has 33 heavy (non-hydrogen) atoms. The number of anilines is 1. The summed E-state index contributed by atoms with van der Waals surface area (Å²) in [6.45, 7) is 0.270. The number of piperazine rings is 1. The second kappa shape index (κ2) is 9.35. The van der Waals surface area contributed by atoms with Crippen molar-refractivity contribution < 1.29 is 40.7 Å². The Bertz CT molecular complexity index is 1140. The molecule has 178 valence electrons. The second-order valence-electron chi connectivity index (χ2n) is 6.99. The lowest BCUT2D eigenvalue weighted by molar-refractivity contribution is -0.137. The number of esters is 2.